The molecule has 29 heavy (non-hydrogen) atoms. The highest BCUT2D eigenvalue weighted by atomic mass is 16.6. The van der Waals surface area contributed by atoms with Gasteiger partial charge in [0.2, 0.25) is 0 Å². The number of aromatic nitrogens is 1. The summed E-state index contributed by atoms with van der Waals surface area (Å²) in [6.07, 6.45) is 1.87. The third-order valence-electron chi connectivity index (χ3n) is 5.82. The Morgan fingerprint density at radius 1 is 1.21 bits per heavy atom. The average molecular weight is 399 g/mol. The van der Waals surface area contributed by atoms with Crippen LogP contribution in [0.25, 0.3) is 0 Å². The van der Waals surface area contributed by atoms with Gasteiger partial charge in [-0.15, -0.1) is 0 Å². The van der Waals surface area contributed by atoms with Crippen LogP contribution in [0.5, 0.6) is 0 Å². The van der Waals surface area contributed by atoms with Crippen LogP contribution in [-0.4, -0.2) is 37.2 Å². The number of fused-ring (bicyclic) bond motifs is 1. The number of rotatable bonds is 6. The molecule has 0 spiro atoms. The average Bonchev–Trinajstić information content (AvgIpc) is 2.99. The summed E-state index contributed by atoms with van der Waals surface area (Å²) >= 11 is 0. The number of methoxy groups -OCH3 is 1. The van der Waals surface area contributed by atoms with E-state index in [9.17, 15) is 9.59 Å². The Morgan fingerprint density at radius 3 is 2.66 bits per heavy atom. The minimum absolute atomic E-state index is 0.0492. The normalized spacial score (nSPS) is 17.5. The number of aromatic amines is 1. The molecule has 0 aliphatic heterocycles. The number of esters is 1. The number of ether oxygens (including phenoxy) is 2. The molecule has 0 saturated heterocycles. The van der Waals surface area contributed by atoms with Gasteiger partial charge >= 0.3 is 5.97 Å². The molecule has 1 aliphatic rings. The molecule has 6 heteroatoms. The lowest BCUT2D eigenvalue weighted by Crippen LogP contribution is -2.36. The fourth-order valence-corrected chi connectivity index (χ4v) is 4.17. The second-order valence-corrected chi connectivity index (χ2v) is 8.29. The predicted molar refractivity (Wildman–Crippen MR) is 111 cm³/mol. The van der Waals surface area contributed by atoms with Crippen molar-refractivity contribution >= 4 is 11.9 Å². The van der Waals surface area contributed by atoms with Crippen molar-refractivity contribution in [2.75, 3.05) is 20.3 Å². The summed E-state index contributed by atoms with van der Waals surface area (Å²) in [5.41, 5.74) is 4.58. The van der Waals surface area contributed by atoms with E-state index in [1.54, 1.807) is 21.0 Å². The molecule has 1 aliphatic carbocycles. The summed E-state index contributed by atoms with van der Waals surface area (Å²) in [5.74, 6) is -0.654. The lowest BCUT2D eigenvalue weighted by atomic mass is 9.71. The quantitative estimate of drug-likeness (QED) is 0.570. The molecule has 3 rings (SSSR count). The van der Waals surface area contributed by atoms with Gasteiger partial charge in [-0.25, -0.2) is 4.79 Å². The third kappa shape index (κ3) is 4.22. The van der Waals surface area contributed by atoms with Gasteiger partial charge in [-0.05, 0) is 48.8 Å². The van der Waals surface area contributed by atoms with Crippen LogP contribution in [0, 0.1) is 13.8 Å². The lowest BCUT2D eigenvalue weighted by Gasteiger charge is -2.37. The van der Waals surface area contributed by atoms with E-state index in [-0.39, 0.29) is 24.0 Å². The number of amides is 1. The first kappa shape index (κ1) is 21.1. The van der Waals surface area contributed by atoms with Crippen molar-refractivity contribution in [3.63, 3.8) is 0 Å². The minimum atomic E-state index is -0.447. The summed E-state index contributed by atoms with van der Waals surface area (Å²) < 4.78 is 10.1. The van der Waals surface area contributed by atoms with Gasteiger partial charge in [0.1, 0.15) is 12.3 Å². The van der Waals surface area contributed by atoms with Crippen LogP contribution in [-0.2, 0) is 14.9 Å². The van der Waals surface area contributed by atoms with Crippen LogP contribution >= 0.6 is 0 Å². The molecule has 0 bridgehead atoms. The second-order valence-electron chi connectivity index (χ2n) is 8.29. The Bertz CT molecular complexity index is 914. The number of hydrogen-bond acceptors (Lipinski definition) is 4. The minimum Gasteiger partial charge on any atom is -0.460 e. The van der Waals surface area contributed by atoms with Crippen LogP contribution in [0.15, 0.2) is 24.3 Å². The van der Waals surface area contributed by atoms with Crippen LogP contribution in [0.3, 0.4) is 0 Å². The van der Waals surface area contributed by atoms with E-state index < -0.39 is 5.97 Å². The molecule has 1 aromatic carbocycles. The third-order valence-corrected chi connectivity index (χ3v) is 5.82. The molecule has 0 radical (unpaired) electrons. The predicted octanol–water partition coefficient (Wildman–Crippen LogP) is 3.98. The van der Waals surface area contributed by atoms with E-state index in [2.05, 4.69) is 36.3 Å². The van der Waals surface area contributed by atoms with Gasteiger partial charge in [0.05, 0.1) is 18.2 Å². The zero-order valence-electron chi connectivity index (χ0n) is 17.8. The summed E-state index contributed by atoms with van der Waals surface area (Å²) in [6.45, 7) is 8.53. The fraction of sp³-hybridized carbons (Fsp3) is 0.478. The summed E-state index contributed by atoms with van der Waals surface area (Å²) in [6, 6.07) is 8.24. The molecule has 0 saturated carbocycles. The first-order valence-electron chi connectivity index (χ1n) is 10.0. The number of H-pyrrole nitrogens is 1. The van der Waals surface area contributed by atoms with Gasteiger partial charge in [-0.1, -0.05) is 38.1 Å². The summed E-state index contributed by atoms with van der Waals surface area (Å²) in [7, 11) is 1.55. The Hall–Kier alpha value is -2.60. The Kier molecular flexibility index (Phi) is 6.13. The highest BCUT2D eigenvalue weighted by Gasteiger charge is 2.33. The number of carbonyl (C=O) groups excluding carboxylic acids is 2. The van der Waals surface area contributed by atoms with Crippen LogP contribution < -0.4 is 5.32 Å². The van der Waals surface area contributed by atoms with Crippen molar-refractivity contribution in [1.29, 1.82) is 0 Å². The van der Waals surface area contributed by atoms with Gasteiger partial charge in [0.15, 0.2) is 0 Å². The van der Waals surface area contributed by atoms with Gasteiger partial charge in [0.25, 0.3) is 5.91 Å². The Morgan fingerprint density at radius 2 is 1.93 bits per heavy atom. The van der Waals surface area contributed by atoms with Crippen molar-refractivity contribution in [3.05, 3.63) is 57.9 Å². The van der Waals surface area contributed by atoms with Gasteiger partial charge in [0, 0.05) is 12.8 Å². The van der Waals surface area contributed by atoms with E-state index in [4.69, 9.17) is 9.47 Å². The Labute approximate surface area is 172 Å². The summed E-state index contributed by atoms with van der Waals surface area (Å²) in [4.78, 5) is 28.5. The number of hydrogen-bond donors (Lipinski definition) is 2. The number of benzene rings is 1. The van der Waals surface area contributed by atoms with E-state index in [0.29, 0.717) is 29.1 Å². The van der Waals surface area contributed by atoms with Crippen molar-refractivity contribution in [2.24, 2.45) is 0 Å². The first-order chi connectivity index (χ1) is 13.8. The van der Waals surface area contributed by atoms with E-state index in [1.807, 2.05) is 12.1 Å². The molecule has 1 amide bonds. The van der Waals surface area contributed by atoms with Crippen LogP contribution in [0.4, 0.5) is 0 Å². The molecule has 2 N–H and O–H groups in total. The van der Waals surface area contributed by atoms with E-state index in [0.717, 1.165) is 18.4 Å². The molecule has 0 unspecified atom stereocenters. The lowest BCUT2D eigenvalue weighted by molar-refractivity contribution is 0.0387. The zero-order valence-corrected chi connectivity index (χ0v) is 17.8. The number of nitrogens with one attached hydrogen (secondary N) is 2. The molecule has 2 aromatic rings. The van der Waals surface area contributed by atoms with Crippen molar-refractivity contribution < 1.29 is 19.1 Å². The monoisotopic (exact) mass is 398 g/mol. The molecule has 0 fully saturated rings. The maximum absolute atomic E-state index is 13.0. The molecule has 1 heterocycles. The van der Waals surface area contributed by atoms with Crippen molar-refractivity contribution in [2.45, 2.75) is 52.0 Å². The first-order valence-corrected chi connectivity index (χ1v) is 10.0. The van der Waals surface area contributed by atoms with Gasteiger partial charge in [-0.2, -0.15) is 0 Å². The van der Waals surface area contributed by atoms with E-state index in [1.165, 1.54) is 5.56 Å². The van der Waals surface area contributed by atoms with Gasteiger partial charge < -0.3 is 19.8 Å². The molecular formula is C23H30N2O4. The van der Waals surface area contributed by atoms with Crippen molar-refractivity contribution in [3.8, 4) is 0 Å². The second kappa shape index (κ2) is 8.41. The molecular weight excluding hydrogens is 368 g/mol. The standard InChI is InChI=1S/C23H30N2O4/c1-14-19(22(27)29-13-12-28-5)15(2)24-20(14)21(26)25-18-10-11-23(3,4)17-9-7-6-8-16(17)18/h6-9,18,24H,10-13H2,1-5H3,(H,25,26)/t18-/m1/s1. The topological polar surface area (TPSA) is 80.4 Å². The zero-order chi connectivity index (χ0) is 21.2. The molecule has 6 nitrogen and oxygen atoms in total. The Balaban J connectivity index is 1.80. The highest BCUT2D eigenvalue weighted by Crippen LogP contribution is 2.41. The smallest absolute Gasteiger partial charge is 0.340 e. The largest absolute Gasteiger partial charge is 0.460 e. The van der Waals surface area contributed by atoms with Crippen LogP contribution in [0.1, 0.15) is 76.0 Å². The maximum atomic E-state index is 13.0. The molecule has 156 valence electrons. The van der Waals surface area contributed by atoms with Crippen molar-refractivity contribution in [1.82, 2.24) is 10.3 Å². The summed E-state index contributed by atoms with van der Waals surface area (Å²) in [5, 5.41) is 3.16. The number of carbonyl (C=O) groups is 2. The number of aryl methyl sites for hydroxylation is 1. The molecule has 1 atom stereocenters. The van der Waals surface area contributed by atoms with Gasteiger partial charge in [-0.3, -0.25) is 4.79 Å². The highest BCUT2D eigenvalue weighted by molar-refractivity contribution is 6.00. The SMILES string of the molecule is COCCOC(=O)c1c(C)[nH]c(C(=O)N[C@@H]2CCC(C)(C)c3ccccc32)c1C. The maximum Gasteiger partial charge on any atom is 0.340 e. The van der Waals surface area contributed by atoms with Crippen LogP contribution in [0.2, 0.25) is 0 Å². The fourth-order valence-electron chi connectivity index (χ4n) is 4.17. The van der Waals surface area contributed by atoms with E-state index >= 15 is 0 Å². The molecule has 1 aromatic heterocycles.